The number of sulfone groups is 1. The molecule has 100 valence electrons. The van der Waals surface area contributed by atoms with Crippen LogP contribution in [0.2, 0.25) is 0 Å². The summed E-state index contributed by atoms with van der Waals surface area (Å²) in [5.74, 6) is 0.540. The molecule has 5 heteroatoms. The van der Waals surface area contributed by atoms with Crippen molar-refractivity contribution in [3.63, 3.8) is 0 Å². The molecule has 0 saturated carbocycles. The molecule has 0 unspecified atom stereocenters. The Kier molecular flexibility index (Phi) is 3.92. The number of anilines is 1. The first-order valence-electron chi connectivity index (χ1n) is 6.27. The first kappa shape index (κ1) is 13.4. The lowest BCUT2D eigenvalue weighted by Crippen LogP contribution is -2.28. The highest BCUT2D eigenvalue weighted by atomic mass is 32.2. The van der Waals surface area contributed by atoms with E-state index in [0.29, 0.717) is 25.3 Å². The first-order chi connectivity index (χ1) is 8.52. The van der Waals surface area contributed by atoms with Gasteiger partial charge in [-0.05, 0) is 30.5 Å². The molecule has 0 bridgehead atoms. The lowest BCUT2D eigenvalue weighted by molar-refractivity contribution is 0.597. The second-order valence-electron chi connectivity index (χ2n) is 4.83. The Morgan fingerprint density at radius 2 is 2.06 bits per heavy atom. The van der Waals surface area contributed by atoms with Gasteiger partial charge in [0, 0.05) is 25.3 Å². The number of rotatable bonds is 2. The van der Waals surface area contributed by atoms with E-state index in [4.69, 9.17) is 5.73 Å². The summed E-state index contributed by atoms with van der Waals surface area (Å²) in [5, 5.41) is 0. The van der Waals surface area contributed by atoms with E-state index in [-0.39, 0.29) is 5.75 Å². The van der Waals surface area contributed by atoms with E-state index in [2.05, 4.69) is 11.0 Å². The Hall–Kier alpha value is -1.07. The van der Waals surface area contributed by atoms with Gasteiger partial charge in [0.2, 0.25) is 0 Å². The van der Waals surface area contributed by atoms with Gasteiger partial charge in [0.1, 0.15) is 0 Å². The molecule has 0 radical (unpaired) electrons. The fourth-order valence-electron chi connectivity index (χ4n) is 2.32. The lowest BCUT2D eigenvalue weighted by atomic mass is 10.1. The van der Waals surface area contributed by atoms with Crippen LogP contribution in [0.15, 0.2) is 18.2 Å². The van der Waals surface area contributed by atoms with Crippen LogP contribution in [0, 0.1) is 6.92 Å². The summed E-state index contributed by atoms with van der Waals surface area (Å²) in [6, 6.07) is 6.17. The third-order valence-electron chi connectivity index (χ3n) is 3.36. The molecule has 4 nitrogen and oxygen atoms in total. The van der Waals surface area contributed by atoms with Crippen LogP contribution in [0.25, 0.3) is 0 Å². The minimum atomic E-state index is -2.86. The SMILES string of the molecule is Cc1ccc(CN)c(N2CCCS(=O)(=O)CC2)c1. The molecular weight excluding hydrogens is 248 g/mol. The maximum absolute atomic E-state index is 11.6. The monoisotopic (exact) mass is 268 g/mol. The van der Waals surface area contributed by atoms with Crippen molar-refractivity contribution in [2.75, 3.05) is 29.5 Å². The Bertz CT molecular complexity index is 526. The van der Waals surface area contributed by atoms with Crippen LogP contribution < -0.4 is 10.6 Å². The third kappa shape index (κ3) is 3.03. The summed E-state index contributed by atoms with van der Waals surface area (Å²) < 4.78 is 23.2. The average molecular weight is 268 g/mol. The Balaban J connectivity index is 2.28. The number of nitrogens with zero attached hydrogens (tertiary/aromatic N) is 1. The van der Waals surface area contributed by atoms with Gasteiger partial charge in [0.05, 0.1) is 11.5 Å². The normalized spacial score (nSPS) is 19.6. The quantitative estimate of drug-likeness (QED) is 0.872. The van der Waals surface area contributed by atoms with Crippen LogP contribution in [-0.2, 0) is 16.4 Å². The fourth-order valence-corrected chi connectivity index (χ4v) is 3.59. The molecule has 1 heterocycles. The van der Waals surface area contributed by atoms with Crippen molar-refractivity contribution < 1.29 is 8.42 Å². The molecule has 1 saturated heterocycles. The highest BCUT2D eigenvalue weighted by Gasteiger charge is 2.20. The Morgan fingerprint density at radius 1 is 1.28 bits per heavy atom. The highest BCUT2D eigenvalue weighted by molar-refractivity contribution is 7.91. The molecule has 2 rings (SSSR count). The van der Waals surface area contributed by atoms with Gasteiger partial charge >= 0.3 is 0 Å². The summed E-state index contributed by atoms with van der Waals surface area (Å²) in [7, 11) is -2.86. The minimum absolute atomic E-state index is 0.241. The van der Waals surface area contributed by atoms with Crippen molar-refractivity contribution in [1.29, 1.82) is 0 Å². The molecule has 1 fully saturated rings. The molecule has 1 aromatic carbocycles. The number of hydrogen-bond donors (Lipinski definition) is 1. The summed E-state index contributed by atoms with van der Waals surface area (Å²) in [6.45, 7) is 3.88. The molecule has 18 heavy (non-hydrogen) atoms. The largest absolute Gasteiger partial charge is 0.370 e. The average Bonchev–Trinajstić information content (AvgIpc) is 2.50. The van der Waals surface area contributed by atoms with Crippen LogP contribution in [0.1, 0.15) is 17.5 Å². The smallest absolute Gasteiger partial charge is 0.152 e. The van der Waals surface area contributed by atoms with Gasteiger partial charge in [-0.15, -0.1) is 0 Å². The van der Waals surface area contributed by atoms with Crippen LogP contribution in [0.4, 0.5) is 5.69 Å². The molecule has 0 atom stereocenters. The van der Waals surface area contributed by atoms with Crippen molar-refractivity contribution >= 4 is 15.5 Å². The number of nitrogens with two attached hydrogens (primary N) is 1. The molecule has 2 N–H and O–H groups in total. The topological polar surface area (TPSA) is 63.4 Å². The summed E-state index contributed by atoms with van der Waals surface area (Å²) in [4.78, 5) is 2.15. The third-order valence-corrected chi connectivity index (χ3v) is 5.07. The summed E-state index contributed by atoms with van der Waals surface area (Å²) in [5.41, 5.74) is 9.11. The Labute approximate surface area is 109 Å². The van der Waals surface area contributed by atoms with Crippen LogP contribution in [-0.4, -0.2) is 33.0 Å². The number of hydrogen-bond acceptors (Lipinski definition) is 4. The predicted octanol–water partition coefficient (Wildman–Crippen LogP) is 1.08. The van der Waals surface area contributed by atoms with Crippen LogP contribution >= 0.6 is 0 Å². The van der Waals surface area contributed by atoms with E-state index in [0.717, 1.165) is 17.8 Å². The second-order valence-corrected chi connectivity index (χ2v) is 7.13. The van der Waals surface area contributed by atoms with E-state index < -0.39 is 9.84 Å². The van der Waals surface area contributed by atoms with Gasteiger partial charge in [-0.2, -0.15) is 0 Å². The highest BCUT2D eigenvalue weighted by Crippen LogP contribution is 2.23. The molecular formula is C13H20N2O2S. The molecule has 0 amide bonds. The predicted molar refractivity (Wildman–Crippen MR) is 74.6 cm³/mol. The molecule has 1 aliphatic heterocycles. The number of benzene rings is 1. The van der Waals surface area contributed by atoms with Crippen LogP contribution in [0.5, 0.6) is 0 Å². The van der Waals surface area contributed by atoms with Gasteiger partial charge in [0.15, 0.2) is 9.84 Å². The maximum Gasteiger partial charge on any atom is 0.152 e. The van der Waals surface area contributed by atoms with E-state index in [1.54, 1.807) is 0 Å². The van der Waals surface area contributed by atoms with Crippen molar-refractivity contribution in [2.24, 2.45) is 5.73 Å². The molecule has 0 aliphatic carbocycles. The van der Waals surface area contributed by atoms with Crippen molar-refractivity contribution in [2.45, 2.75) is 19.9 Å². The van der Waals surface area contributed by atoms with Crippen molar-refractivity contribution in [3.8, 4) is 0 Å². The summed E-state index contributed by atoms with van der Waals surface area (Å²) >= 11 is 0. The zero-order valence-corrected chi connectivity index (χ0v) is 11.5. The van der Waals surface area contributed by atoms with Crippen LogP contribution in [0.3, 0.4) is 0 Å². The first-order valence-corrected chi connectivity index (χ1v) is 8.09. The van der Waals surface area contributed by atoms with E-state index in [1.165, 1.54) is 5.56 Å². The van der Waals surface area contributed by atoms with Crippen molar-refractivity contribution in [3.05, 3.63) is 29.3 Å². The standard InChI is InChI=1S/C13H20N2O2S/c1-11-3-4-12(10-14)13(9-11)15-5-2-7-18(16,17)8-6-15/h3-4,9H,2,5-8,10,14H2,1H3. The zero-order chi connectivity index (χ0) is 13.2. The second kappa shape index (κ2) is 5.28. The number of aryl methyl sites for hydroxylation is 1. The molecule has 1 aliphatic rings. The van der Waals surface area contributed by atoms with Gasteiger partial charge in [0.25, 0.3) is 0 Å². The van der Waals surface area contributed by atoms with Gasteiger partial charge in [-0.1, -0.05) is 12.1 Å². The van der Waals surface area contributed by atoms with Gasteiger partial charge in [-0.3, -0.25) is 0 Å². The molecule has 1 aromatic rings. The van der Waals surface area contributed by atoms with Gasteiger partial charge in [-0.25, -0.2) is 8.42 Å². The summed E-state index contributed by atoms with van der Waals surface area (Å²) in [6.07, 6.45) is 0.695. The minimum Gasteiger partial charge on any atom is -0.370 e. The van der Waals surface area contributed by atoms with E-state index in [9.17, 15) is 8.42 Å². The maximum atomic E-state index is 11.6. The Morgan fingerprint density at radius 3 is 2.78 bits per heavy atom. The molecule has 0 aromatic heterocycles. The molecule has 0 spiro atoms. The fraction of sp³-hybridized carbons (Fsp3) is 0.538. The zero-order valence-electron chi connectivity index (χ0n) is 10.7. The van der Waals surface area contributed by atoms with Crippen molar-refractivity contribution in [1.82, 2.24) is 0 Å². The van der Waals surface area contributed by atoms with E-state index in [1.807, 2.05) is 19.1 Å². The lowest BCUT2D eigenvalue weighted by Gasteiger charge is -2.25. The van der Waals surface area contributed by atoms with Gasteiger partial charge < -0.3 is 10.6 Å². The van der Waals surface area contributed by atoms with E-state index >= 15 is 0 Å².